The van der Waals surface area contributed by atoms with Gasteiger partial charge in [0.25, 0.3) is 0 Å². The van der Waals surface area contributed by atoms with Gasteiger partial charge in [-0.05, 0) is 57.8 Å². The number of thiophene rings is 1. The summed E-state index contributed by atoms with van der Waals surface area (Å²) in [5, 5.41) is 7.44. The molecule has 2 aromatic heterocycles. The largest absolute Gasteiger partial charge is 0.453 e. The van der Waals surface area contributed by atoms with Gasteiger partial charge in [-0.3, -0.25) is 0 Å². The smallest absolute Gasteiger partial charge is 0.159 e. The minimum Gasteiger partial charge on any atom is -0.453 e. The first-order valence-electron chi connectivity index (χ1n) is 15.9. The second kappa shape index (κ2) is 9.32. The van der Waals surface area contributed by atoms with Gasteiger partial charge in [-0.25, -0.2) is 0 Å². The number of hydrogen-bond donors (Lipinski definition) is 0. The number of para-hydroxylation sites is 2. The van der Waals surface area contributed by atoms with Crippen molar-refractivity contribution in [3.8, 4) is 11.1 Å². The molecule has 1 aliphatic rings. The zero-order valence-electron chi connectivity index (χ0n) is 25.5. The minimum absolute atomic E-state index is 0.144. The average molecular weight is 608 g/mol. The topological polar surface area (TPSA) is 16.4 Å². The predicted octanol–water partition coefficient (Wildman–Crippen LogP) is 12.9. The Morgan fingerprint density at radius 3 is 2.04 bits per heavy atom. The third kappa shape index (κ3) is 3.36. The van der Waals surface area contributed by atoms with E-state index < -0.39 is 0 Å². The summed E-state index contributed by atoms with van der Waals surface area (Å²) in [6, 6.07) is 50.5. The maximum absolute atomic E-state index is 7.24. The minimum atomic E-state index is -0.144. The summed E-state index contributed by atoms with van der Waals surface area (Å²) >= 11 is 1.85. The van der Waals surface area contributed by atoms with Gasteiger partial charge in [0, 0.05) is 42.9 Å². The zero-order chi connectivity index (χ0) is 30.6. The van der Waals surface area contributed by atoms with Gasteiger partial charge in [0.2, 0.25) is 0 Å². The van der Waals surface area contributed by atoms with Gasteiger partial charge in [0.15, 0.2) is 5.58 Å². The number of furan rings is 1. The molecule has 0 atom stereocenters. The van der Waals surface area contributed by atoms with Crippen LogP contribution in [-0.4, -0.2) is 0 Å². The molecule has 0 aliphatic heterocycles. The van der Waals surface area contributed by atoms with Gasteiger partial charge in [-0.15, -0.1) is 11.3 Å². The number of benzene rings is 7. The van der Waals surface area contributed by atoms with Crippen molar-refractivity contribution < 1.29 is 4.42 Å². The molecule has 10 rings (SSSR count). The van der Waals surface area contributed by atoms with Crippen molar-refractivity contribution in [2.75, 3.05) is 4.90 Å². The van der Waals surface area contributed by atoms with Gasteiger partial charge in [-0.2, -0.15) is 0 Å². The van der Waals surface area contributed by atoms with Gasteiger partial charge in [0.1, 0.15) is 5.58 Å². The van der Waals surface area contributed by atoms with Crippen LogP contribution < -0.4 is 4.90 Å². The normalized spacial score (nSPS) is 13.6. The first-order valence-corrected chi connectivity index (χ1v) is 16.7. The Morgan fingerprint density at radius 1 is 0.543 bits per heavy atom. The maximum atomic E-state index is 7.24. The predicted molar refractivity (Wildman–Crippen MR) is 196 cm³/mol. The number of rotatable bonds is 3. The van der Waals surface area contributed by atoms with Crippen LogP contribution in [0.3, 0.4) is 0 Å². The Hall–Kier alpha value is -5.38. The molecule has 0 spiro atoms. The lowest BCUT2D eigenvalue weighted by atomic mass is 9.79. The van der Waals surface area contributed by atoms with Gasteiger partial charge in [0.05, 0.1) is 16.1 Å². The molecule has 0 saturated heterocycles. The lowest BCUT2D eigenvalue weighted by molar-refractivity contribution is 0.658. The molecule has 7 aromatic carbocycles. The SMILES string of the molecule is CC1(C)c2ccccc2-c2c1c1ccccc1c1c2oc2c(N(c3ccccc3)c3cccc4c3sc3ccccc34)cccc21. The second-order valence-electron chi connectivity index (χ2n) is 12.8. The number of nitrogens with zero attached hydrogens (tertiary/aromatic N) is 1. The van der Waals surface area contributed by atoms with Gasteiger partial charge < -0.3 is 9.32 Å². The Kier molecular flexibility index (Phi) is 5.25. The summed E-state index contributed by atoms with van der Waals surface area (Å²) < 4.78 is 9.80. The van der Waals surface area contributed by atoms with Crippen LogP contribution in [-0.2, 0) is 5.41 Å². The summed E-state index contributed by atoms with van der Waals surface area (Å²) in [7, 11) is 0. The van der Waals surface area contributed by atoms with E-state index in [2.05, 4.69) is 158 Å². The van der Waals surface area contributed by atoms with E-state index in [0.29, 0.717) is 0 Å². The highest BCUT2D eigenvalue weighted by Gasteiger charge is 2.39. The highest BCUT2D eigenvalue weighted by Crippen LogP contribution is 2.57. The molecule has 2 nitrogen and oxygen atoms in total. The Morgan fingerprint density at radius 2 is 1.20 bits per heavy atom. The molecule has 46 heavy (non-hydrogen) atoms. The monoisotopic (exact) mass is 607 g/mol. The molecular formula is C43H29NOS. The lowest BCUT2D eigenvalue weighted by Crippen LogP contribution is -2.15. The number of anilines is 3. The van der Waals surface area contributed by atoms with E-state index in [0.717, 1.165) is 33.6 Å². The van der Waals surface area contributed by atoms with Crippen molar-refractivity contribution in [1.82, 2.24) is 0 Å². The molecular weight excluding hydrogens is 579 g/mol. The third-order valence-corrected chi connectivity index (χ3v) is 11.2. The first-order chi connectivity index (χ1) is 22.6. The van der Waals surface area contributed by atoms with Crippen molar-refractivity contribution in [3.63, 3.8) is 0 Å². The third-order valence-electron chi connectivity index (χ3n) is 10.0. The molecule has 0 unspecified atom stereocenters. The lowest BCUT2D eigenvalue weighted by Gasteiger charge is -2.26. The van der Waals surface area contributed by atoms with Crippen LogP contribution >= 0.6 is 11.3 Å². The van der Waals surface area contributed by atoms with E-state index in [4.69, 9.17) is 4.42 Å². The van der Waals surface area contributed by atoms with E-state index >= 15 is 0 Å². The van der Waals surface area contributed by atoms with Crippen LogP contribution in [0.15, 0.2) is 144 Å². The van der Waals surface area contributed by atoms with Crippen LogP contribution in [0.2, 0.25) is 0 Å². The standard InChI is InChI=1S/C43H29NOS/c1-43(2)33-22-10-8-19-31(33)38-39(43)29-18-7-6-17-28(29)37-32-21-13-23-34(40(32)45-41(37)38)44(26-14-4-3-5-15-26)35-24-12-20-30-27-16-9-11-25-36(27)46-42(30)35/h3-25H,1-2H3. The van der Waals surface area contributed by atoms with Crippen molar-refractivity contribution >= 4 is 81.3 Å². The van der Waals surface area contributed by atoms with Crippen molar-refractivity contribution in [3.05, 3.63) is 151 Å². The van der Waals surface area contributed by atoms with Gasteiger partial charge in [-0.1, -0.05) is 123 Å². The summed E-state index contributed by atoms with van der Waals surface area (Å²) in [6.07, 6.45) is 0. The maximum Gasteiger partial charge on any atom is 0.159 e. The van der Waals surface area contributed by atoms with Crippen LogP contribution in [0.25, 0.3) is 64.0 Å². The Balaban J connectivity index is 1.35. The molecule has 218 valence electrons. The molecule has 0 bridgehead atoms. The van der Waals surface area contributed by atoms with E-state index in [1.54, 1.807) is 0 Å². The zero-order valence-corrected chi connectivity index (χ0v) is 26.4. The van der Waals surface area contributed by atoms with E-state index in [9.17, 15) is 0 Å². The molecule has 0 amide bonds. The summed E-state index contributed by atoms with van der Waals surface area (Å²) in [5.74, 6) is 0. The molecule has 1 aliphatic carbocycles. The molecule has 0 saturated carbocycles. The number of hydrogen-bond acceptors (Lipinski definition) is 3. The quantitative estimate of drug-likeness (QED) is 0.199. The number of fused-ring (bicyclic) bond motifs is 13. The summed E-state index contributed by atoms with van der Waals surface area (Å²) in [6.45, 7) is 4.71. The van der Waals surface area contributed by atoms with Crippen molar-refractivity contribution in [1.29, 1.82) is 0 Å². The van der Waals surface area contributed by atoms with Crippen molar-refractivity contribution in [2.24, 2.45) is 0 Å². The van der Waals surface area contributed by atoms with E-state index in [1.807, 2.05) is 11.3 Å². The molecule has 9 aromatic rings. The van der Waals surface area contributed by atoms with Gasteiger partial charge >= 0.3 is 0 Å². The second-order valence-corrected chi connectivity index (χ2v) is 13.9. The fraction of sp³-hybridized carbons (Fsp3) is 0.0698. The molecule has 0 fully saturated rings. The fourth-order valence-corrected chi connectivity index (χ4v) is 9.28. The first kappa shape index (κ1) is 25.9. The Bertz CT molecular complexity index is 2680. The van der Waals surface area contributed by atoms with Crippen LogP contribution in [0, 0.1) is 0 Å². The average Bonchev–Trinajstić information content (AvgIpc) is 3.75. The van der Waals surface area contributed by atoms with Crippen LogP contribution in [0.5, 0.6) is 0 Å². The molecule has 0 radical (unpaired) electrons. The van der Waals surface area contributed by atoms with Crippen LogP contribution in [0.1, 0.15) is 25.0 Å². The highest BCUT2D eigenvalue weighted by atomic mass is 32.1. The molecule has 2 heterocycles. The summed E-state index contributed by atoms with van der Waals surface area (Å²) in [5.41, 5.74) is 10.2. The van der Waals surface area contributed by atoms with E-state index in [1.165, 1.54) is 58.6 Å². The highest BCUT2D eigenvalue weighted by molar-refractivity contribution is 7.26. The van der Waals surface area contributed by atoms with Crippen LogP contribution in [0.4, 0.5) is 17.1 Å². The van der Waals surface area contributed by atoms with E-state index in [-0.39, 0.29) is 5.41 Å². The fourth-order valence-electron chi connectivity index (χ4n) is 8.07. The summed E-state index contributed by atoms with van der Waals surface area (Å²) in [4.78, 5) is 2.39. The molecule has 3 heteroatoms. The Labute approximate surface area is 270 Å². The van der Waals surface area contributed by atoms with Crippen molar-refractivity contribution in [2.45, 2.75) is 19.3 Å². The molecule has 0 N–H and O–H groups in total.